The van der Waals surface area contributed by atoms with Gasteiger partial charge >= 0.3 is 0 Å². The number of ether oxygens (including phenoxy) is 2. The van der Waals surface area contributed by atoms with Crippen molar-refractivity contribution in [2.24, 2.45) is 0 Å². The second-order valence-electron chi connectivity index (χ2n) is 4.12. The Morgan fingerprint density at radius 2 is 2.06 bits per heavy atom. The maximum Gasteiger partial charge on any atom is 0.122 e. The van der Waals surface area contributed by atoms with Crippen LogP contribution in [0.25, 0.3) is 0 Å². The Kier molecular flexibility index (Phi) is 3.80. The maximum atomic E-state index is 5.54. The average Bonchev–Trinajstić information content (AvgIpc) is 2.38. The van der Waals surface area contributed by atoms with Crippen LogP contribution in [-0.2, 0) is 4.74 Å². The molecule has 0 aliphatic carbocycles. The molecular weight excluding hydrogens is 202 g/mol. The van der Waals surface area contributed by atoms with Crippen molar-refractivity contribution in [3.8, 4) is 5.75 Å². The molecule has 88 valence electrons. The van der Waals surface area contributed by atoms with Crippen LogP contribution in [0, 0.1) is 0 Å². The third-order valence-electron chi connectivity index (χ3n) is 3.27. The lowest BCUT2D eigenvalue weighted by atomic mass is 9.87. The smallest absolute Gasteiger partial charge is 0.122 e. The number of hydrogen-bond acceptors (Lipinski definition) is 3. The topological polar surface area (TPSA) is 30.5 Å². The summed E-state index contributed by atoms with van der Waals surface area (Å²) in [5.74, 6) is 1.40. The number of hydrogen-bond donors (Lipinski definition) is 1. The first-order chi connectivity index (χ1) is 7.86. The van der Waals surface area contributed by atoms with E-state index >= 15 is 0 Å². The van der Waals surface area contributed by atoms with Crippen molar-refractivity contribution in [3.63, 3.8) is 0 Å². The minimum Gasteiger partial charge on any atom is -0.496 e. The first-order valence-electron chi connectivity index (χ1n) is 5.73. The Balaban J connectivity index is 2.26. The van der Waals surface area contributed by atoms with E-state index in [4.69, 9.17) is 9.47 Å². The van der Waals surface area contributed by atoms with E-state index in [-0.39, 0.29) is 6.10 Å². The predicted octanol–water partition coefficient (Wildman–Crippen LogP) is 1.79. The van der Waals surface area contributed by atoms with Gasteiger partial charge in [-0.15, -0.1) is 0 Å². The zero-order valence-electron chi connectivity index (χ0n) is 9.90. The van der Waals surface area contributed by atoms with Crippen molar-refractivity contribution >= 4 is 0 Å². The quantitative estimate of drug-likeness (QED) is 0.844. The lowest BCUT2D eigenvalue weighted by Gasteiger charge is -2.32. The summed E-state index contributed by atoms with van der Waals surface area (Å²) in [5, 5.41) is 3.36. The average molecular weight is 221 g/mol. The highest BCUT2D eigenvalue weighted by molar-refractivity contribution is 5.37. The number of rotatable bonds is 3. The van der Waals surface area contributed by atoms with Gasteiger partial charge in [-0.2, -0.15) is 0 Å². The van der Waals surface area contributed by atoms with E-state index in [1.807, 2.05) is 12.1 Å². The van der Waals surface area contributed by atoms with Crippen LogP contribution in [0.1, 0.15) is 17.9 Å². The molecule has 2 atom stereocenters. The van der Waals surface area contributed by atoms with Crippen LogP contribution >= 0.6 is 0 Å². The molecule has 1 aliphatic heterocycles. The van der Waals surface area contributed by atoms with Gasteiger partial charge in [-0.05, 0) is 24.6 Å². The van der Waals surface area contributed by atoms with Crippen LogP contribution in [0.3, 0.4) is 0 Å². The Bertz CT molecular complexity index is 340. The summed E-state index contributed by atoms with van der Waals surface area (Å²) < 4.78 is 11.0. The fraction of sp³-hybridized carbons (Fsp3) is 0.538. The molecule has 1 aromatic rings. The SMILES string of the molecule is COc1ccccc1C1CCNCC1OC. The zero-order valence-corrected chi connectivity index (χ0v) is 9.90. The molecule has 1 saturated heterocycles. The summed E-state index contributed by atoms with van der Waals surface area (Å²) >= 11 is 0. The summed E-state index contributed by atoms with van der Waals surface area (Å²) in [6, 6.07) is 8.22. The van der Waals surface area contributed by atoms with Crippen LogP contribution in [0.5, 0.6) is 5.75 Å². The summed E-state index contributed by atoms with van der Waals surface area (Å²) in [6.45, 7) is 1.96. The largest absolute Gasteiger partial charge is 0.496 e. The number of para-hydroxylation sites is 1. The Labute approximate surface area is 96.8 Å². The zero-order chi connectivity index (χ0) is 11.4. The van der Waals surface area contributed by atoms with E-state index < -0.39 is 0 Å². The standard InChI is InChI=1S/C13H19NO2/c1-15-12-6-4-3-5-10(12)11-7-8-14-9-13(11)16-2/h3-6,11,13-14H,7-9H2,1-2H3. The molecule has 0 saturated carbocycles. The predicted molar refractivity (Wildman–Crippen MR) is 64.0 cm³/mol. The van der Waals surface area contributed by atoms with Gasteiger partial charge in [0.1, 0.15) is 5.75 Å². The van der Waals surface area contributed by atoms with E-state index in [0.717, 1.165) is 25.3 Å². The van der Waals surface area contributed by atoms with Gasteiger partial charge in [0.25, 0.3) is 0 Å². The van der Waals surface area contributed by atoms with Crippen LogP contribution in [0.15, 0.2) is 24.3 Å². The van der Waals surface area contributed by atoms with Crippen LogP contribution in [0.2, 0.25) is 0 Å². The molecule has 1 fully saturated rings. The van der Waals surface area contributed by atoms with Crippen molar-refractivity contribution in [1.82, 2.24) is 5.32 Å². The Morgan fingerprint density at radius 3 is 2.81 bits per heavy atom. The van der Waals surface area contributed by atoms with Crippen molar-refractivity contribution in [2.75, 3.05) is 27.3 Å². The van der Waals surface area contributed by atoms with Crippen molar-refractivity contribution < 1.29 is 9.47 Å². The van der Waals surface area contributed by atoms with Gasteiger partial charge in [0.05, 0.1) is 13.2 Å². The van der Waals surface area contributed by atoms with Crippen molar-refractivity contribution in [1.29, 1.82) is 0 Å². The van der Waals surface area contributed by atoms with Gasteiger partial charge in [-0.3, -0.25) is 0 Å². The van der Waals surface area contributed by atoms with Gasteiger partial charge in [0.2, 0.25) is 0 Å². The minimum atomic E-state index is 0.241. The Morgan fingerprint density at radius 1 is 1.25 bits per heavy atom. The Hall–Kier alpha value is -1.06. The maximum absolute atomic E-state index is 5.54. The lowest BCUT2D eigenvalue weighted by Crippen LogP contribution is -2.40. The third kappa shape index (κ3) is 2.20. The van der Waals surface area contributed by atoms with E-state index in [9.17, 15) is 0 Å². The lowest BCUT2D eigenvalue weighted by molar-refractivity contribution is 0.0617. The number of piperidine rings is 1. The molecule has 1 aromatic carbocycles. The molecular formula is C13H19NO2. The van der Waals surface area contributed by atoms with E-state index in [2.05, 4.69) is 17.4 Å². The fourth-order valence-corrected chi connectivity index (χ4v) is 2.41. The summed E-state index contributed by atoms with van der Waals surface area (Å²) in [7, 11) is 3.50. The van der Waals surface area contributed by atoms with E-state index in [1.54, 1.807) is 14.2 Å². The molecule has 0 radical (unpaired) electrons. The normalized spacial score (nSPS) is 25.4. The molecule has 0 spiro atoms. The molecule has 2 rings (SSSR count). The first-order valence-corrected chi connectivity index (χ1v) is 5.73. The highest BCUT2D eigenvalue weighted by atomic mass is 16.5. The van der Waals surface area contributed by atoms with Crippen molar-refractivity contribution in [3.05, 3.63) is 29.8 Å². The number of methoxy groups -OCH3 is 2. The second kappa shape index (κ2) is 5.32. The van der Waals surface area contributed by atoms with E-state index in [1.165, 1.54) is 5.56 Å². The molecule has 1 aliphatic rings. The summed E-state index contributed by atoms with van der Waals surface area (Å²) in [6.07, 6.45) is 1.34. The molecule has 0 amide bonds. The van der Waals surface area contributed by atoms with Gasteiger partial charge in [0.15, 0.2) is 0 Å². The third-order valence-corrected chi connectivity index (χ3v) is 3.27. The van der Waals surface area contributed by atoms with Crippen molar-refractivity contribution in [2.45, 2.75) is 18.4 Å². The highest BCUT2D eigenvalue weighted by Gasteiger charge is 2.28. The molecule has 3 nitrogen and oxygen atoms in total. The van der Waals surface area contributed by atoms with Crippen LogP contribution in [0.4, 0.5) is 0 Å². The number of nitrogens with one attached hydrogen (secondary N) is 1. The monoisotopic (exact) mass is 221 g/mol. The molecule has 16 heavy (non-hydrogen) atoms. The molecule has 0 aromatic heterocycles. The summed E-state index contributed by atoms with van der Waals surface area (Å²) in [4.78, 5) is 0. The summed E-state index contributed by atoms with van der Waals surface area (Å²) in [5.41, 5.74) is 1.26. The minimum absolute atomic E-state index is 0.241. The van der Waals surface area contributed by atoms with Crippen LogP contribution < -0.4 is 10.1 Å². The number of benzene rings is 1. The molecule has 0 bridgehead atoms. The van der Waals surface area contributed by atoms with Gasteiger partial charge in [-0.25, -0.2) is 0 Å². The first kappa shape index (κ1) is 11.4. The fourth-order valence-electron chi connectivity index (χ4n) is 2.41. The van der Waals surface area contributed by atoms with Gasteiger partial charge < -0.3 is 14.8 Å². The molecule has 2 unspecified atom stereocenters. The van der Waals surface area contributed by atoms with Crippen LogP contribution in [-0.4, -0.2) is 33.4 Å². The molecule has 3 heteroatoms. The van der Waals surface area contributed by atoms with E-state index in [0.29, 0.717) is 5.92 Å². The molecule has 1 heterocycles. The van der Waals surface area contributed by atoms with Gasteiger partial charge in [-0.1, -0.05) is 18.2 Å². The van der Waals surface area contributed by atoms with Gasteiger partial charge in [0, 0.05) is 19.6 Å². The second-order valence-corrected chi connectivity index (χ2v) is 4.12. The highest BCUT2D eigenvalue weighted by Crippen LogP contribution is 2.33. The molecule has 1 N–H and O–H groups in total.